The maximum atomic E-state index is 3.14. The van der Waals surface area contributed by atoms with Crippen LogP contribution in [0.15, 0.2) is 0 Å². The SMILES string of the molecule is C1N[SiH2]N1. The van der Waals surface area contributed by atoms with Crippen LogP contribution in [0.2, 0.25) is 0 Å². The van der Waals surface area contributed by atoms with Gasteiger partial charge in [-0.2, -0.15) is 0 Å². The summed E-state index contributed by atoms with van der Waals surface area (Å²) in [5.41, 5.74) is 0. The lowest BCUT2D eigenvalue weighted by Crippen LogP contribution is -2.51. The average Bonchev–Trinajstić information content (AvgIpc) is 0.722. The van der Waals surface area contributed by atoms with E-state index in [9.17, 15) is 0 Å². The first-order valence-electron chi connectivity index (χ1n) is 1.41. The average molecular weight is 74.2 g/mol. The van der Waals surface area contributed by atoms with Gasteiger partial charge in [-0.3, -0.25) is 0 Å². The van der Waals surface area contributed by atoms with Gasteiger partial charge in [-0.25, -0.2) is 0 Å². The molecule has 1 aliphatic heterocycles. The van der Waals surface area contributed by atoms with Crippen molar-refractivity contribution in [1.29, 1.82) is 0 Å². The second-order valence-electron chi connectivity index (χ2n) is 0.854. The molecule has 1 saturated heterocycles. The van der Waals surface area contributed by atoms with Crippen molar-refractivity contribution in [3.8, 4) is 0 Å². The third-order valence-electron chi connectivity index (χ3n) is 0.500. The van der Waals surface area contributed by atoms with E-state index in [1.165, 1.54) is 0 Å². The van der Waals surface area contributed by atoms with E-state index in [0.29, 0.717) is 0 Å². The van der Waals surface area contributed by atoms with E-state index >= 15 is 0 Å². The molecule has 0 amide bonds. The standard InChI is InChI=1S/CH6N2Si/c1-2-4-3-1/h2-3H,1,4H2. The van der Waals surface area contributed by atoms with Crippen molar-refractivity contribution in [2.45, 2.75) is 0 Å². The van der Waals surface area contributed by atoms with Crippen molar-refractivity contribution in [2.75, 3.05) is 6.67 Å². The van der Waals surface area contributed by atoms with Crippen LogP contribution in [0.3, 0.4) is 0 Å². The van der Waals surface area contributed by atoms with Crippen LogP contribution in [0.4, 0.5) is 0 Å². The summed E-state index contributed by atoms with van der Waals surface area (Å²) in [6.45, 7) is 1.06. The van der Waals surface area contributed by atoms with Gasteiger partial charge in [-0.1, -0.05) is 0 Å². The van der Waals surface area contributed by atoms with Crippen molar-refractivity contribution < 1.29 is 0 Å². The number of nitrogens with one attached hydrogen (secondary N) is 2. The summed E-state index contributed by atoms with van der Waals surface area (Å²) < 4.78 is 0. The van der Waals surface area contributed by atoms with Gasteiger partial charge < -0.3 is 9.96 Å². The van der Waals surface area contributed by atoms with Crippen molar-refractivity contribution in [1.82, 2.24) is 9.96 Å². The summed E-state index contributed by atoms with van der Waals surface area (Å²) in [6.07, 6.45) is 0. The molecular formula is CH6N2Si. The molecule has 1 heterocycles. The molecule has 1 fully saturated rings. The Balaban J connectivity index is 2.00. The van der Waals surface area contributed by atoms with Gasteiger partial charge in [0.25, 0.3) is 0 Å². The summed E-state index contributed by atoms with van der Waals surface area (Å²) in [4.78, 5) is 6.28. The van der Waals surface area contributed by atoms with Gasteiger partial charge in [0.05, 0.1) is 0 Å². The van der Waals surface area contributed by atoms with E-state index in [0.717, 1.165) is 6.67 Å². The normalized spacial score (nSPS) is 24.0. The minimum Gasteiger partial charge on any atom is -0.319 e. The van der Waals surface area contributed by atoms with Gasteiger partial charge in [-0.05, 0) is 0 Å². The highest BCUT2D eigenvalue weighted by molar-refractivity contribution is 6.31. The van der Waals surface area contributed by atoms with Crippen molar-refractivity contribution in [2.24, 2.45) is 0 Å². The van der Waals surface area contributed by atoms with E-state index in [1.54, 1.807) is 0 Å². The van der Waals surface area contributed by atoms with Gasteiger partial charge in [0.15, 0.2) is 9.84 Å². The summed E-state index contributed by atoms with van der Waals surface area (Å²) in [6, 6.07) is 0. The smallest absolute Gasteiger partial charge is 0.169 e. The molecule has 0 spiro atoms. The molecule has 0 aromatic heterocycles. The monoisotopic (exact) mass is 74.0 g/mol. The fourth-order valence-corrected chi connectivity index (χ4v) is 0.375. The predicted molar refractivity (Wildman–Crippen MR) is 19.7 cm³/mol. The zero-order valence-electron chi connectivity index (χ0n) is 2.41. The maximum absolute atomic E-state index is 3.14. The van der Waals surface area contributed by atoms with Crippen molar-refractivity contribution in [3.05, 3.63) is 0 Å². The first kappa shape index (κ1) is 2.38. The third-order valence-corrected chi connectivity index (χ3v) is 1.50. The van der Waals surface area contributed by atoms with Crippen LogP contribution >= 0.6 is 0 Å². The zero-order chi connectivity index (χ0) is 2.83. The summed E-state index contributed by atoms with van der Waals surface area (Å²) in [5.74, 6) is 0. The Kier molecular flexibility index (Phi) is 0.498. The molecule has 24 valence electrons. The highest BCUT2D eigenvalue weighted by Gasteiger charge is 1.90. The topological polar surface area (TPSA) is 24.1 Å². The molecule has 1 rings (SSSR count). The van der Waals surface area contributed by atoms with Crippen LogP contribution in [0.1, 0.15) is 0 Å². The first-order valence-corrected chi connectivity index (χ1v) is 2.83. The molecule has 2 nitrogen and oxygen atoms in total. The van der Waals surface area contributed by atoms with Crippen LogP contribution in [-0.4, -0.2) is 16.5 Å². The van der Waals surface area contributed by atoms with E-state index < -0.39 is 0 Å². The highest BCUT2D eigenvalue weighted by Crippen LogP contribution is 1.51. The Hall–Kier alpha value is 0.137. The Morgan fingerprint density at radius 3 is 1.75 bits per heavy atom. The predicted octanol–water partition coefficient (Wildman–Crippen LogP) is -1.86. The molecule has 0 atom stereocenters. The van der Waals surface area contributed by atoms with Crippen LogP contribution in [0.25, 0.3) is 0 Å². The lowest BCUT2D eigenvalue weighted by Gasteiger charge is -2.12. The van der Waals surface area contributed by atoms with E-state index in [4.69, 9.17) is 0 Å². The molecule has 4 heavy (non-hydrogen) atoms. The number of hydrogen-bond donors (Lipinski definition) is 2. The van der Waals surface area contributed by atoms with Crippen LogP contribution in [0.5, 0.6) is 0 Å². The van der Waals surface area contributed by atoms with Gasteiger partial charge in [0.2, 0.25) is 0 Å². The molecule has 0 aromatic carbocycles. The quantitative estimate of drug-likeness (QED) is 0.329. The summed E-state index contributed by atoms with van der Waals surface area (Å²) in [5, 5.41) is 0. The molecule has 0 bridgehead atoms. The Bertz CT molecular complexity index is 14.0. The Morgan fingerprint density at radius 1 is 1.50 bits per heavy atom. The first-order chi connectivity index (χ1) is 2.00. The second kappa shape index (κ2) is 0.837. The van der Waals surface area contributed by atoms with Crippen molar-refractivity contribution >= 4 is 9.84 Å². The van der Waals surface area contributed by atoms with Crippen LogP contribution in [0, 0.1) is 0 Å². The van der Waals surface area contributed by atoms with Crippen molar-refractivity contribution in [3.63, 3.8) is 0 Å². The highest BCUT2D eigenvalue weighted by atomic mass is 28.2. The van der Waals surface area contributed by atoms with Gasteiger partial charge in [0.1, 0.15) is 0 Å². The maximum Gasteiger partial charge on any atom is 0.169 e. The molecule has 0 saturated carbocycles. The summed E-state index contributed by atoms with van der Waals surface area (Å²) in [7, 11) is 0.105. The lowest BCUT2D eigenvalue weighted by atomic mass is 11.3. The minimum atomic E-state index is 0.105. The minimum absolute atomic E-state index is 0.105. The third kappa shape index (κ3) is 0.161. The fourth-order valence-electron chi connectivity index (χ4n) is 0.125. The Labute approximate surface area is 27.6 Å². The van der Waals surface area contributed by atoms with Crippen LogP contribution < -0.4 is 9.96 Å². The zero-order valence-corrected chi connectivity index (χ0v) is 3.83. The van der Waals surface area contributed by atoms with Gasteiger partial charge >= 0.3 is 0 Å². The molecule has 0 radical (unpaired) electrons. The molecule has 3 heteroatoms. The number of rotatable bonds is 0. The molecule has 0 aliphatic carbocycles. The Morgan fingerprint density at radius 2 is 1.75 bits per heavy atom. The molecule has 2 N–H and O–H groups in total. The molecule has 1 aliphatic rings. The summed E-state index contributed by atoms with van der Waals surface area (Å²) >= 11 is 0. The molecule has 0 aromatic rings. The van der Waals surface area contributed by atoms with E-state index in [-0.39, 0.29) is 9.84 Å². The molecular weight excluding hydrogens is 68.1 g/mol. The van der Waals surface area contributed by atoms with Gasteiger partial charge in [0, 0.05) is 6.67 Å². The molecule has 0 unspecified atom stereocenters. The van der Waals surface area contributed by atoms with E-state index in [1.807, 2.05) is 0 Å². The largest absolute Gasteiger partial charge is 0.319 e. The lowest BCUT2D eigenvalue weighted by molar-refractivity contribution is 0.767. The van der Waals surface area contributed by atoms with Gasteiger partial charge in [-0.15, -0.1) is 0 Å². The number of hydrogen-bond acceptors (Lipinski definition) is 2. The fraction of sp³-hybridized carbons (Fsp3) is 1.00. The van der Waals surface area contributed by atoms with Crippen LogP contribution in [-0.2, 0) is 0 Å². The van der Waals surface area contributed by atoms with E-state index in [2.05, 4.69) is 9.96 Å². The second-order valence-corrected chi connectivity index (χ2v) is 2.21.